The molecule has 0 aliphatic carbocycles. The number of thiazole rings is 1. The zero-order chi connectivity index (χ0) is 22.2. The van der Waals surface area contributed by atoms with E-state index < -0.39 is 0 Å². The molecular formula is C23H22N8OS. The summed E-state index contributed by atoms with van der Waals surface area (Å²) in [5.41, 5.74) is 7.69. The summed E-state index contributed by atoms with van der Waals surface area (Å²) in [5, 5.41) is 11.3. The van der Waals surface area contributed by atoms with Gasteiger partial charge in [0.15, 0.2) is 16.4 Å². The number of hydrazone groups is 1. The van der Waals surface area contributed by atoms with E-state index in [4.69, 9.17) is 14.8 Å². The van der Waals surface area contributed by atoms with Gasteiger partial charge in [-0.2, -0.15) is 14.7 Å². The van der Waals surface area contributed by atoms with Gasteiger partial charge < -0.3 is 9.64 Å². The van der Waals surface area contributed by atoms with E-state index >= 15 is 0 Å². The van der Waals surface area contributed by atoms with Crippen molar-refractivity contribution in [3.8, 4) is 11.3 Å². The Morgan fingerprint density at radius 2 is 1.97 bits per heavy atom. The molecule has 0 atom stereocenters. The molecule has 10 heteroatoms. The van der Waals surface area contributed by atoms with Gasteiger partial charge in [0.05, 0.1) is 36.5 Å². The number of ether oxygens (including phenoxy) is 1. The van der Waals surface area contributed by atoms with Gasteiger partial charge in [-0.05, 0) is 6.92 Å². The monoisotopic (exact) mass is 458 g/mol. The molecule has 0 saturated carbocycles. The van der Waals surface area contributed by atoms with Crippen LogP contribution in [0.25, 0.3) is 21.9 Å². The van der Waals surface area contributed by atoms with Gasteiger partial charge in [0.1, 0.15) is 5.82 Å². The fourth-order valence-electron chi connectivity index (χ4n) is 4.01. The Balaban J connectivity index is 1.37. The summed E-state index contributed by atoms with van der Waals surface area (Å²) in [7, 11) is 0. The second-order valence-electron chi connectivity index (χ2n) is 7.77. The normalized spacial score (nSPS) is 14.6. The minimum atomic E-state index is 0.656. The van der Waals surface area contributed by atoms with Gasteiger partial charge in [-0.25, -0.2) is 9.97 Å². The number of nitrogens with zero attached hydrogens (tertiary/aromatic N) is 7. The first-order valence-electron chi connectivity index (χ1n) is 10.8. The Bertz CT molecular complexity index is 1450. The Morgan fingerprint density at radius 1 is 1.12 bits per heavy atom. The lowest BCUT2D eigenvalue weighted by Crippen LogP contribution is -2.37. The van der Waals surface area contributed by atoms with E-state index in [2.05, 4.69) is 32.5 Å². The van der Waals surface area contributed by atoms with E-state index in [9.17, 15) is 0 Å². The molecule has 1 fully saturated rings. The van der Waals surface area contributed by atoms with Crippen molar-refractivity contribution in [3.05, 3.63) is 65.4 Å². The van der Waals surface area contributed by atoms with Crippen molar-refractivity contribution in [2.24, 2.45) is 5.10 Å². The van der Waals surface area contributed by atoms with Crippen molar-refractivity contribution in [1.82, 2.24) is 24.0 Å². The standard InChI is InChI=1S/C23H22N8OS/c1-16-19(30-9-12-33-23(30)25-16)15-24-27-20-14-22(29-7-10-32-11-8-29)31-21(26-20)13-18(28-31)17-5-3-2-4-6-17/h2-6,9,12-15H,7-8,10-11H2,1H3,(H,26,27)/b24-15+. The molecule has 5 heterocycles. The van der Waals surface area contributed by atoms with Crippen LogP contribution < -0.4 is 10.3 Å². The van der Waals surface area contributed by atoms with Crippen LogP contribution in [0.1, 0.15) is 11.4 Å². The summed E-state index contributed by atoms with van der Waals surface area (Å²) in [4.78, 5) is 12.6. The Hall–Kier alpha value is -3.76. The molecule has 166 valence electrons. The second-order valence-corrected chi connectivity index (χ2v) is 8.65. The molecule has 0 unspecified atom stereocenters. The number of hydrogen-bond donors (Lipinski definition) is 1. The molecule has 0 bridgehead atoms. The van der Waals surface area contributed by atoms with Crippen molar-refractivity contribution in [2.75, 3.05) is 36.6 Å². The molecule has 1 aromatic carbocycles. The van der Waals surface area contributed by atoms with Crippen molar-refractivity contribution >= 4 is 39.8 Å². The highest BCUT2D eigenvalue weighted by atomic mass is 32.1. The lowest BCUT2D eigenvalue weighted by Gasteiger charge is -2.29. The third-order valence-electron chi connectivity index (χ3n) is 5.66. The molecular weight excluding hydrogens is 436 g/mol. The van der Waals surface area contributed by atoms with Gasteiger partial charge in [-0.15, -0.1) is 11.3 Å². The molecule has 0 amide bonds. The van der Waals surface area contributed by atoms with E-state index in [1.807, 2.05) is 57.7 Å². The molecule has 9 nitrogen and oxygen atoms in total. The summed E-state index contributed by atoms with van der Waals surface area (Å²) in [5.74, 6) is 1.62. The van der Waals surface area contributed by atoms with Crippen molar-refractivity contribution in [3.63, 3.8) is 0 Å². The van der Waals surface area contributed by atoms with E-state index in [1.165, 1.54) is 0 Å². The number of hydrogen-bond acceptors (Lipinski definition) is 8. The maximum Gasteiger partial charge on any atom is 0.194 e. The molecule has 6 rings (SSSR count). The van der Waals surface area contributed by atoms with Crippen LogP contribution in [0, 0.1) is 6.92 Å². The minimum absolute atomic E-state index is 0.656. The van der Waals surface area contributed by atoms with Crippen LogP contribution in [0.3, 0.4) is 0 Å². The fraction of sp³-hybridized carbons (Fsp3) is 0.217. The van der Waals surface area contributed by atoms with Gasteiger partial charge >= 0.3 is 0 Å². The van der Waals surface area contributed by atoms with Gasteiger partial charge in [-0.1, -0.05) is 30.3 Å². The number of benzene rings is 1. The zero-order valence-electron chi connectivity index (χ0n) is 18.0. The number of nitrogens with one attached hydrogen (secondary N) is 1. The highest BCUT2D eigenvalue weighted by molar-refractivity contribution is 7.15. The molecule has 1 N–H and O–H groups in total. The Morgan fingerprint density at radius 3 is 2.82 bits per heavy atom. The fourth-order valence-corrected chi connectivity index (χ4v) is 4.78. The van der Waals surface area contributed by atoms with Crippen molar-refractivity contribution in [1.29, 1.82) is 0 Å². The number of rotatable bonds is 5. The first-order valence-corrected chi connectivity index (χ1v) is 11.6. The van der Waals surface area contributed by atoms with E-state index in [1.54, 1.807) is 17.6 Å². The molecule has 5 aromatic rings. The first kappa shape index (κ1) is 19.9. The highest BCUT2D eigenvalue weighted by Gasteiger charge is 2.18. The zero-order valence-corrected chi connectivity index (χ0v) is 18.9. The predicted molar refractivity (Wildman–Crippen MR) is 130 cm³/mol. The number of morpholine rings is 1. The number of anilines is 2. The van der Waals surface area contributed by atoms with Crippen LogP contribution in [-0.2, 0) is 4.74 Å². The molecule has 0 spiro atoms. The highest BCUT2D eigenvalue weighted by Crippen LogP contribution is 2.26. The summed E-state index contributed by atoms with van der Waals surface area (Å²) in [6, 6.07) is 14.1. The Kier molecular flexibility index (Phi) is 5.00. The maximum absolute atomic E-state index is 5.55. The molecule has 0 radical (unpaired) electrons. The second kappa shape index (κ2) is 8.30. The predicted octanol–water partition coefficient (Wildman–Crippen LogP) is 3.70. The summed E-state index contributed by atoms with van der Waals surface area (Å²) < 4.78 is 9.48. The third-order valence-corrected chi connectivity index (χ3v) is 6.42. The molecule has 1 aliphatic heterocycles. The van der Waals surface area contributed by atoms with Crippen molar-refractivity contribution < 1.29 is 4.74 Å². The van der Waals surface area contributed by atoms with E-state index in [-0.39, 0.29) is 0 Å². The van der Waals surface area contributed by atoms with Gasteiger partial charge in [-0.3, -0.25) is 9.83 Å². The van der Waals surface area contributed by atoms with Crippen LogP contribution in [-0.4, -0.2) is 56.5 Å². The van der Waals surface area contributed by atoms with E-state index in [0.717, 1.165) is 52.2 Å². The quantitative estimate of drug-likeness (QED) is 0.319. The largest absolute Gasteiger partial charge is 0.378 e. The third kappa shape index (κ3) is 3.73. The summed E-state index contributed by atoms with van der Waals surface area (Å²) >= 11 is 1.60. The van der Waals surface area contributed by atoms with Crippen LogP contribution in [0.15, 0.2) is 59.1 Å². The smallest absolute Gasteiger partial charge is 0.194 e. The van der Waals surface area contributed by atoms with Crippen LogP contribution in [0.2, 0.25) is 0 Å². The average molecular weight is 459 g/mol. The number of fused-ring (bicyclic) bond motifs is 2. The van der Waals surface area contributed by atoms with Crippen LogP contribution in [0.4, 0.5) is 11.6 Å². The van der Waals surface area contributed by atoms with E-state index in [0.29, 0.717) is 19.0 Å². The number of aryl methyl sites for hydroxylation is 1. The summed E-state index contributed by atoms with van der Waals surface area (Å²) in [6.45, 7) is 4.96. The topological polar surface area (TPSA) is 84.3 Å². The Labute approximate surface area is 194 Å². The summed E-state index contributed by atoms with van der Waals surface area (Å²) in [6.07, 6.45) is 3.79. The molecule has 4 aromatic heterocycles. The minimum Gasteiger partial charge on any atom is -0.378 e. The molecule has 1 aliphatic rings. The number of imidazole rings is 1. The SMILES string of the molecule is Cc1nc2sccn2c1/C=N/Nc1cc(N2CCOCC2)n2nc(-c3ccccc3)cc2n1. The van der Waals surface area contributed by atoms with Crippen LogP contribution in [0.5, 0.6) is 0 Å². The lowest BCUT2D eigenvalue weighted by molar-refractivity contribution is 0.122. The van der Waals surface area contributed by atoms with Crippen molar-refractivity contribution in [2.45, 2.75) is 6.92 Å². The molecule has 33 heavy (non-hydrogen) atoms. The average Bonchev–Trinajstić information content (AvgIpc) is 3.55. The van der Waals surface area contributed by atoms with Crippen LogP contribution >= 0.6 is 11.3 Å². The molecule has 1 saturated heterocycles. The number of aromatic nitrogens is 5. The maximum atomic E-state index is 5.55. The van der Waals surface area contributed by atoms with Gasteiger partial charge in [0.2, 0.25) is 0 Å². The van der Waals surface area contributed by atoms with Gasteiger partial charge in [0.25, 0.3) is 0 Å². The first-order chi connectivity index (χ1) is 16.3. The van der Waals surface area contributed by atoms with Gasteiger partial charge in [0, 0.05) is 42.4 Å². The lowest BCUT2D eigenvalue weighted by atomic mass is 10.2.